The molecule has 1 aromatic carbocycles. The van der Waals surface area contributed by atoms with Gasteiger partial charge in [0, 0.05) is 19.0 Å². The quantitative estimate of drug-likeness (QED) is 0.647. The summed E-state index contributed by atoms with van der Waals surface area (Å²) in [6, 6.07) is 7.73. The van der Waals surface area contributed by atoms with Crippen LogP contribution in [0, 0.1) is 0 Å². The van der Waals surface area contributed by atoms with Gasteiger partial charge in [-0.15, -0.1) is 0 Å². The molecule has 0 amide bonds. The third-order valence-electron chi connectivity index (χ3n) is 4.00. The minimum Gasteiger partial charge on any atom is -0.427 e. The van der Waals surface area contributed by atoms with Gasteiger partial charge in [0.1, 0.15) is 5.75 Å². The van der Waals surface area contributed by atoms with Gasteiger partial charge in [-0.3, -0.25) is 4.79 Å². The maximum atomic E-state index is 11.0. The first-order valence-electron chi connectivity index (χ1n) is 7.82. The van der Waals surface area contributed by atoms with Crippen molar-refractivity contribution in [3.8, 4) is 5.75 Å². The van der Waals surface area contributed by atoms with E-state index in [1.807, 2.05) is 12.1 Å². The molecule has 1 unspecified atom stereocenters. The van der Waals surface area contributed by atoms with Crippen molar-refractivity contribution in [2.75, 3.05) is 0 Å². The van der Waals surface area contributed by atoms with Crippen LogP contribution in [0.1, 0.15) is 57.6 Å². The highest BCUT2D eigenvalue weighted by Crippen LogP contribution is 2.28. The van der Waals surface area contributed by atoms with E-state index < -0.39 is 6.10 Å². The second-order valence-electron chi connectivity index (χ2n) is 5.80. The summed E-state index contributed by atoms with van der Waals surface area (Å²) in [5, 5.41) is 14.1. The molecular weight excluding hydrogens is 266 g/mol. The van der Waals surface area contributed by atoms with Crippen LogP contribution in [0.4, 0.5) is 0 Å². The molecule has 0 aromatic heterocycles. The molecule has 1 aliphatic heterocycles. The zero-order valence-corrected chi connectivity index (χ0v) is 12.8. The Hall–Kier alpha value is -1.39. The van der Waals surface area contributed by atoms with E-state index in [0.29, 0.717) is 11.8 Å². The summed E-state index contributed by atoms with van der Waals surface area (Å²) in [4.78, 5) is 11.0. The lowest BCUT2D eigenvalue weighted by molar-refractivity contribution is -0.131. The Balaban J connectivity index is 2.04. The lowest BCUT2D eigenvalue weighted by atomic mass is 9.90. The number of hydrogen-bond acceptors (Lipinski definition) is 4. The molecule has 3 atom stereocenters. The van der Waals surface area contributed by atoms with Crippen LogP contribution >= 0.6 is 0 Å². The maximum absolute atomic E-state index is 11.0. The van der Waals surface area contributed by atoms with E-state index in [1.54, 1.807) is 12.1 Å². The first kappa shape index (κ1) is 16.0. The minimum atomic E-state index is -0.569. The van der Waals surface area contributed by atoms with Gasteiger partial charge in [-0.2, -0.15) is 0 Å². The molecule has 4 nitrogen and oxygen atoms in total. The fourth-order valence-electron chi connectivity index (χ4n) is 3.04. The van der Waals surface area contributed by atoms with E-state index in [9.17, 15) is 9.90 Å². The van der Waals surface area contributed by atoms with E-state index in [0.717, 1.165) is 31.2 Å². The molecule has 0 saturated carbocycles. The summed E-state index contributed by atoms with van der Waals surface area (Å²) in [6.45, 7) is 3.56. The van der Waals surface area contributed by atoms with E-state index >= 15 is 0 Å². The van der Waals surface area contributed by atoms with Gasteiger partial charge in [0.15, 0.2) is 0 Å². The number of piperidine rings is 1. The number of benzene rings is 1. The topological polar surface area (TPSA) is 58.6 Å². The summed E-state index contributed by atoms with van der Waals surface area (Å²) in [5.41, 5.74) is 0.795. The zero-order chi connectivity index (χ0) is 15.2. The van der Waals surface area contributed by atoms with Crippen molar-refractivity contribution in [2.24, 2.45) is 0 Å². The van der Waals surface area contributed by atoms with Crippen LogP contribution in [0.5, 0.6) is 5.75 Å². The number of aliphatic hydroxyl groups is 1. The number of ether oxygens (including phenoxy) is 1. The molecule has 21 heavy (non-hydrogen) atoms. The molecule has 1 heterocycles. The number of aliphatic hydroxyl groups excluding tert-OH is 1. The molecule has 1 saturated heterocycles. The zero-order valence-electron chi connectivity index (χ0n) is 12.8. The van der Waals surface area contributed by atoms with E-state index in [-0.39, 0.29) is 12.0 Å². The Morgan fingerprint density at radius 2 is 2.29 bits per heavy atom. The lowest BCUT2D eigenvalue weighted by Crippen LogP contribution is -2.45. The Morgan fingerprint density at radius 1 is 1.48 bits per heavy atom. The molecule has 1 aromatic rings. The van der Waals surface area contributed by atoms with Crippen LogP contribution in [0.25, 0.3) is 0 Å². The Bertz CT molecular complexity index is 473. The Kier molecular flexibility index (Phi) is 5.76. The first-order valence-corrected chi connectivity index (χ1v) is 7.82. The average molecular weight is 291 g/mol. The standard InChI is InChI=1S/C17H25NO3/c1-3-6-14-8-5-10-16(18-14)17(20)13-7-4-9-15(11-13)21-12(2)19/h4,7,9,11,14,16-18,20H,3,5-6,8,10H2,1-2H3/t14-,16+,17?/m0/s1. The van der Waals surface area contributed by atoms with Crippen LogP contribution in [-0.4, -0.2) is 23.2 Å². The van der Waals surface area contributed by atoms with Gasteiger partial charge in [-0.25, -0.2) is 0 Å². The van der Waals surface area contributed by atoms with E-state index in [1.165, 1.54) is 13.3 Å². The van der Waals surface area contributed by atoms with Crippen molar-refractivity contribution in [2.45, 2.75) is 64.1 Å². The van der Waals surface area contributed by atoms with Crippen molar-refractivity contribution in [3.63, 3.8) is 0 Å². The summed E-state index contributed by atoms with van der Waals surface area (Å²) in [5.74, 6) is 0.139. The molecule has 0 aliphatic carbocycles. The Morgan fingerprint density at radius 3 is 3.00 bits per heavy atom. The molecular formula is C17H25NO3. The molecule has 1 fully saturated rings. The number of rotatable bonds is 5. The molecule has 2 rings (SSSR count). The predicted octanol–water partition coefficient (Wildman–Crippen LogP) is 2.96. The van der Waals surface area contributed by atoms with Crippen molar-refractivity contribution in [1.29, 1.82) is 0 Å². The molecule has 116 valence electrons. The van der Waals surface area contributed by atoms with E-state index in [2.05, 4.69) is 12.2 Å². The highest BCUT2D eigenvalue weighted by molar-refractivity contribution is 5.69. The third kappa shape index (κ3) is 4.55. The SMILES string of the molecule is CCC[C@H]1CCC[C@H](C(O)c2cccc(OC(C)=O)c2)N1. The normalized spacial score (nSPS) is 23.6. The molecule has 1 aliphatic rings. The largest absolute Gasteiger partial charge is 0.427 e. The number of hydrogen-bond donors (Lipinski definition) is 2. The van der Waals surface area contributed by atoms with E-state index in [4.69, 9.17) is 4.74 Å². The summed E-state index contributed by atoms with van der Waals surface area (Å²) in [6.07, 6.45) is 5.03. The average Bonchev–Trinajstić information content (AvgIpc) is 2.47. The maximum Gasteiger partial charge on any atom is 0.308 e. The number of esters is 1. The number of nitrogens with one attached hydrogen (secondary N) is 1. The van der Waals surface area contributed by atoms with Crippen LogP contribution in [0.2, 0.25) is 0 Å². The molecule has 0 bridgehead atoms. The summed E-state index contributed by atoms with van der Waals surface area (Å²) in [7, 11) is 0. The predicted molar refractivity (Wildman–Crippen MR) is 82.2 cm³/mol. The van der Waals surface area contributed by atoms with Gasteiger partial charge in [-0.1, -0.05) is 31.9 Å². The molecule has 4 heteroatoms. The fourth-order valence-corrected chi connectivity index (χ4v) is 3.04. The number of carbonyl (C=O) groups is 1. The second kappa shape index (κ2) is 7.57. The van der Waals surface area contributed by atoms with Gasteiger partial charge in [-0.05, 0) is 37.0 Å². The first-order chi connectivity index (χ1) is 10.1. The van der Waals surface area contributed by atoms with Crippen molar-refractivity contribution in [3.05, 3.63) is 29.8 Å². The lowest BCUT2D eigenvalue weighted by Gasteiger charge is -2.34. The highest BCUT2D eigenvalue weighted by atomic mass is 16.5. The van der Waals surface area contributed by atoms with Crippen molar-refractivity contribution >= 4 is 5.97 Å². The summed E-state index contributed by atoms with van der Waals surface area (Å²) < 4.78 is 5.08. The molecule has 2 N–H and O–H groups in total. The third-order valence-corrected chi connectivity index (χ3v) is 4.00. The smallest absolute Gasteiger partial charge is 0.308 e. The number of carbonyl (C=O) groups excluding carboxylic acids is 1. The second-order valence-corrected chi connectivity index (χ2v) is 5.80. The van der Waals surface area contributed by atoms with Crippen LogP contribution in [0.15, 0.2) is 24.3 Å². The van der Waals surface area contributed by atoms with Gasteiger partial charge in [0.2, 0.25) is 0 Å². The highest BCUT2D eigenvalue weighted by Gasteiger charge is 2.27. The van der Waals surface area contributed by atoms with Gasteiger partial charge in [0.25, 0.3) is 0 Å². The van der Waals surface area contributed by atoms with Crippen molar-refractivity contribution < 1.29 is 14.6 Å². The van der Waals surface area contributed by atoms with Gasteiger partial charge < -0.3 is 15.2 Å². The van der Waals surface area contributed by atoms with Gasteiger partial charge >= 0.3 is 5.97 Å². The van der Waals surface area contributed by atoms with Crippen LogP contribution in [-0.2, 0) is 4.79 Å². The molecule has 0 spiro atoms. The van der Waals surface area contributed by atoms with Crippen LogP contribution in [0.3, 0.4) is 0 Å². The minimum absolute atomic E-state index is 0.0721. The monoisotopic (exact) mass is 291 g/mol. The van der Waals surface area contributed by atoms with Gasteiger partial charge in [0.05, 0.1) is 6.10 Å². The molecule has 0 radical (unpaired) electrons. The van der Waals surface area contributed by atoms with Crippen LogP contribution < -0.4 is 10.1 Å². The van der Waals surface area contributed by atoms with Crippen molar-refractivity contribution in [1.82, 2.24) is 5.32 Å². The Labute approximate surface area is 126 Å². The fraction of sp³-hybridized carbons (Fsp3) is 0.588. The summed E-state index contributed by atoms with van der Waals surface area (Å²) >= 11 is 0.